The molecule has 124 valence electrons. The molecule has 0 atom stereocenters. The van der Waals surface area contributed by atoms with Gasteiger partial charge in [-0.05, 0) is 39.7 Å². The van der Waals surface area contributed by atoms with Crippen LogP contribution in [0.3, 0.4) is 0 Å². The van der Waals surface area contributed by atoms with Crippen molar-refractivity contribution >= 4 is 5.91 Å². The zero-order valence-corrected chi connectivity index (χ0v) is 14.2. The van der Waals surface area contributed by atoms with E-state index in [0.29, 0.717) is 12.3 Å². The first kappa shape index (κ1) is 15.8. The van der Waals surface area contributed by atoms with Crippen molar-refractivity contribution in [2.75, 3.05) is 13.1 Å². The zero-order valence-electron chi connectivity index (χ0n) is 14.2. The first-order valence-corrected chi connectivity index (χ1v) is 8.40. The highest BCUT2D eigenvalue weighted by Gasteiger charge is 2.25. The summed E-state index contributed by atoms with van der Waals surface area (Å²) in [5.41, 5.74) is 4.37. The van der Waals surface area contributed by atoms with E-state index >= 15 is 0 Å². The van der Waals surface area contributed by atoms with Gasteiger partial charge in [-0.1, -0.05) is 0 Å². The van der Waals surface area contributed by atoms with Crippen molar-refractivity contribution in [2.45, 2.75) is 52.5 Å². The van der Waals surface area contributed by atoms with Gasteiger partial charge in [0.05, 0.1) is 12.1 Å². The van der Waals surface area contributed by atoms with Gasteiger partial charge < -0.3 is 4.90 Å². The molecule has 3 rings (SSSR count). The average Bonchev–Trinajstić information content (AvgIpc) is 3.19. The molecule has 6 nitrogen and oxygen atoms in total. The van der Waals surface area contributed by atoms with Crippen LogP contribution in [-0.4, -0.2) is 43.9 Å². The number of rotatable bonds is 4. The number of aromatic amines is 1. The zero-order chi connectivity index (χ0) is 16.4. The van der Waals surface area contributed by atoms with Crippen LogP contribution in [-0.2, 0) is 17.8 Å². The summed E-state index contributed by atoms with van der Waals surface area (Å²) in [5, 5.41) is 11.6. The van der Waals surface area contributed by atoms with E-state index in [1.54, 1.807) is 6.20 Å². The SMILES string of the molecule is CCn1nc(C)c(CC(=O)N2CCC(c3ccn[nH]3)CC2)c1C. The number of carbonyl (C=O) groups is 1. The van der Waals surface area contributed by atoms with Crippen molar-refractivity contribution < 1.29 is 4.79 Å². The quantitative estimate of drug-likeness (QED) is 0.940. The second-order valence-electron chi connectivity index (χ2n) is 6.31. The number of carbonyl (C=O) groups excluding carboxylic acids is 1. The second-order valence-corrected chi connectivity index (χ2v) is 6.31. The van der Waals surface area contributed by atoms with E-state index in [0.717, 1.165) is 49.4 Å². The Bertz CT molecular complexity index is 665. The van der Waals surface area contributed by atoms with Gasteiger partial charge in [-0.15, -0.1) is 0 Å². The van der Waals surface area contributed by atoms with E-state index in [9.17, 15) is 4.79 Å². The number of aromatic nitrogens is 4. The maximum Gasteiger partial charge on any atom is 0.227 e. The Morgan fingerprint density at radius 1 is 1.35 bits per heavy atom. The molecule has 0 aromatic carbocycles. The number of nitrogens with zero attached hydrogens (tertiary/aromatic N) is 4. The Morgan fingerprint density at radius 3 is 2.65 bits per heavy atom. The van der Waals surface area contributed by atoms with E-state index in [1.807, 2.05) is 22.6 Å². The predicted octanol–water partition coefficient (Wildman–Crippen LogP) is 2.19. The molecule has 1 N–H and O–H groups in total. The van der Waals surface area contributed by atoms with E-state index in [-0.39, 0.29) is 5.91 Å². The fourth-order valence-corrected chi connectivity index (χ4v) is 3.49. The van der Waals surface area contributed by atoms with Crippen LogP contribution in [0.5, 0.6) is 0 Å². The van der Waals surface area contributed by atoms with Crippen LogP contribution in [0, 0.1) is 13.8 Å². The number of likely N-dealkylation sites (tertiary alicyclic amines) is 1. The van der Waals surface area contributed by atoms with E-state index in [4.69, 9.17) is 0 Å². The monoisotopic (exact) mass is 315 g/mol. The molecule has 23 heavy (non-hydrogen) atoms. The second kappa shape index (κ2) is 6.56. The fraction of sp³-hybridized carbons (Fsp3) is 0.588. The number of H-pyrrole nitrogens is 1. The number of piperidine rings is 1. The normalized spacial score (nSPS) is 16.0. The van der Waals surface area contributed by atoms with Crippen molar-refractivity contribution in [2.24, 2.45) is 0 Å². The summed E-state index contributed by atoms with van der Waals surface area (Å²) in [6, 6.07) is 2.04. The Kier molecular flexibility index (Phi) is 4.50. The van der Waals surface area contributed by atoms with Gasteiger partial charge in [0.15, 0.2) is 0 Å². The van der Waals surface area contributed by atoms with Crippen LogP contribution >= 0.6 is 0 Å². The highest BCUT2D eigenvalue weighted by atomic mass is 16.2. The molecule has 2 aromatic rings. The van der Waals surface area contributed by atoms with Crippen LogP contribution in [0.25, 0.3) is 0 Å². The summed E-state index contributed by atoms with van der Waals surface area (Å²) in [7, 11) is 0. The molecular weight excluding hydrogens is 290 g/mol. The maximum atomic E-state index is 12.6. The van der Waals surface area contributed by atoms with Gasteiger partial charge in [-0.3, -0.25) is 14.6 Å². The Labute approximate surface area is 136 Å². The molecule has 0 aliphatic carbocycles. The topological polar surface area (TPSA) is 66.8 Å². The lowest BCUT2D eigenvalue weighted by Crippen LogP contribution is -2.39. The molecule has 1 aliphatic rings. The number of nitrogens with one attached hydrogen (secondary N) is 1. The van der Waals surface area contributed by atoms with E-state index in [2.05, 4.69) is 29.1 Å². The molecule has 0 unspecified atom stereocenters. The lowest BCUT2D eigenvalue weighted by atomic mass is 9.93. The highest BCUT2D eigenvalue weighted by molar-refractivity contribution is 5.79. The first-order valence-electron chi connectivity index (χ1n) is 8.40. The molecule has 0 radical (unpaired) electrons. The summed E-state index contributed by atoms with van der Waals surface area (Å²) in [6.45, 7) is 8.61. The predicted molar refractivity (Wildman–Crippen MR) is 88.2 cm³/mol. The maximum absolute atomic E-state index is 12.6. The van der Waals surface area contributed by atoms with Crippen molar-refractivity contribution in [3.05, 3.63) is 34.9 Å². The number of hydrogen-bond donors (Lipinski definition) is 1. The number of aryl methyl sites for hydroxylation is 2. The molecule has 0 bridgehead atoms. The van der Waals surface area contributed by atoms with Crippen LogP contribution in [0.1, 0.15) is 48.3 Å². The minimum atomic E-state index is 0.218. The van der Waals surface area contributed by atoms with Crippen molar-refractivity contribution in [1.29, 1.82) is 0 Å². The van der Waals surface area contributed by atoms with Gasteiger partial charge in [0.1, 0.15) is 0 Å². The van der Waals surface area contributed by atoms with Gasteiger partial charge in [0.25, 0.3) is 0 Å². The molecule has 0 spiro atoms. The Hall–Kier alpha value is -2.11. The lowest BCUT2D eigenvalue weighted by Gasteiger charge is -2.31. The third kappa shape index (κ3) is 3.16. The average molecular weight is 315 g/mol. The minimum absolute atomic E-state index is 0.218. The standard InChI is InChI=1S/C17H25N5O/c1-4-22-13(3)15(12(2)20-22)11-17(23)21-9-6-14(7-10-21)16-5-8-18-19-16/h5,8,14H,4,6-7,9-11H2,1-3H3,(H,18,19). The molecular formula is C17H25N5O. The summed E-state index contributed by atoms with van der Waals surface area (Å²) < 4.78 is 1.97. The highest BCUT2D eigenvalue weighted by Crippen LogP contribution is 2.27. The van der Waals surface area contributed by atoms with Gasteiger partial charge in [-0.2, -0.15) is 10.2 Å². The van der Waals surface area contributed by atoms with Crippen molar-refractivity contribution in [1.82, 2.24) is 24.9 Å². The molecule has 6 heteroatoms. The molecule has 0 saturated carbocycles. The summed E-state index contributed by atoms with van der Waals surface area (Å²) >= 11 is 0. The third-order valence-electron chi connectivity index (χ3n) is 4.97. The van der Waals surface area contributed by atoms with Crippen LogP contribution in [0.15, 0.2) is 12.3 Å². The summed E-state index contributed by atoms with van der Waals surface area (Å²) in [4.78, 5) is 14.6. The fourth-order valence-electron chi connectivity index (χ4n) is 3.49. The molecule has 1 aliphatic heterocycles. The van der Waals surface area contributed by atoms with E-state index < -0.39 is 0 Å². The van der Waals surface area contributed by atoms with Gasteiger partial charge in [-0.25, -0.2) is 0 Å². The van der Waals surface area contributed by atoms with E-state index in [1.165, 1.54) is 5.69 Å². The summed E-state index contributed by atoms with van der Waals surface area (Å²) in [6.07, 6.45) is 4.26. The van der Waals surface area contributed by atoms with Gasteiger partial charge >= 0.3 is 0 Å². The van der Waals surface area contributed by atoms with Crippen molar-refractivity contribution in [3.8, 4) is 0 Å². The van der Waals surface area contributed by atoms with Crippen molar-refractivity contribution in [3.63, 3.8) is 0 Å². The first-order chi connectivity index (χ1) is 11.1. The largest absolute Gasteiger partial charge is 0.342 e. The molecule has 1 saturated heterocycles. The summed E-state index contributed by atoms with van der Waals surface area (Å²) in [5.74, 6) is 0.711. The number of amides is 1. The Morgan fingerprint density at radius 2 is 2.09 bits per heavy atom. The minimum Gasteiger partial charge on any atom is -0.342 e. The van der Waals surface area contributed by atoms with Crippen LogP contribution < -0.4 is 0 Å². The Balaban J connectivity index is 1.61. The van der Waals surface area contributed by atoms with Gasteiger partial charge in [0.2, 0.25) is 5.91 Å². The third-order valence-corrected chi connectivity index (χ3v) is 4.97. The molecule has 2 aromatic heterocycles. The van der Waals surface area contributed by atoms with Crippen LogP contribution in [0.4, 0.5) is 0 Å². The molecule has 1 fully saturated rings. The van der Waals surface area contributed by atoms with Crippen LogP contribution in [0.2, 0.25) is 0 Å². The smallest absolute Gasteiger partial charge is 0.227 e. The lowest BCUT2D eigenvalue weighted by molar-refractivity contribution is -0.131. The molecule has 1 amide bonds. The molecule has 3 heterocycles. The van der Waals surface area contributed by atoms with Gasteiger partial charge in [0, 0.05) is 48.7 Å². The number of hydrogen-bond acceptors (Lipinski definition) is 3.